The number of nitrogens with zero attached hydrogens (tertiary/aromatic N) is 1. The van der Waals surface area contributed by atoms with Crippen molar-refractivity contribution in [1.29, 1.82) is 0 Å². The number of thioether (sulfide) groups is 1. The van der Waals surface area contributed by atoms with Crippen LogP contribution in [0.4, 0.5) is 0 Å². The molecule has 0 spiro atoms. The summed E-state index contributed by atoms with van der Waals surface area (Å²) in [5, 5.41) is 7.60. The highest BCUT2D eigenvalue weighted by atomic mass is 127. The van der Waals surface area contributed by atoms with E-state index in [1.54, 1.807) is 0 Å². The summed E-state index contributed by atoms with van der Waals surface area (Å²) in [5.74, 6) is 2.07. The first-order valence-electron chi connectivity index (χ1n) is 8.67. The molecule has 0 saturated heterocycles. The zero-order chi connectivity index (χ0) is 17.2. The smallest absolute Gasteiger partial charge is 0.191 e. The molecule has 25 heavy (non-hydrogen) atoms. The number of guanidine groups is 1. The van der Waals surface area contributed by atoms with Gasteiger partial charge >= 0.3 is 0 Å². The molecule has 0 bridgehead atoms. The molecule has 0 heterocycles. The van der Waals surface area contributed by atoms with E-state index >= 15 is 0 Å². The predicted molar refractivity (Wildman–Crippen MR) is 123 cm³/mol. The largest absolute Gasteiger partial charge is 0.357 e. The van der Waals surface area contributed by atoms with E-state index in [1.165, 1.54) is 19.3 Å². The zero-order valence-corrected chi connectivity index (χ0v) is 19.0. The van der Waals surface area contributed by atoms with Crippen LogP contribution in [0.15, 0.2) is 35.3 Å². The number of benzene rings is 1. The molecule has 0 radical (unpaired) electrons. The fraction of sp³-hybridized carbons (Fsp3) is 0.611. The van der Waals surface area contributed by atoms with Crippen molar-refractivity contribution in [3.8, 4) is 0 Å². The number of rotatable bonds is 8. The fourth-order valence-electron chi connectivity index (χ4n) is 2.89. The lowest BCUT2D eigenvalue weighted by atomic mass is 10.2. The molecule has 0 amide bonds. The molecule has 1 aliphatic rings. The van der Waals surface area contributed by atoms with Crippen molar-refractivity contribution in [3.05, 3.63) is 35.9 Å². The minimum Gasteiger partial charge on any atom is -0.357 e. The van der Waals surface area contributed by atoms with Crippen LogP contribution in [-0.2, 0) is 16.6 Å². The summed E-state index contributed by atoms with van der Waals surface area (Å²) in [6.07, 6.45) is 5.87. The second-order valence-corrected chi connectivity index (χ2v) is 8.76. The lowest BCUT2D eigenvalue weighted by Crippen LogP contribution is -2.42. The van der Waals surface area contributed by atoms with Gasteiger partial charge in [0.25, 0.3) is 0 Å². The molecule has 3 unspecified atom stereocenters. The Kier molecular flexibility index (Phi) is 11.8. The molecule has 0 aromatic heterocycles. The first kappa shape index (κ1) is 22.8. The number of hydrogen-bond acceptors (Lipinski definition) is 3. The molecule has 3 atom stereocenters. The van der Waals surface area contributed by atoms with E-state index < -0.39 is 10.8 Å². The molecule has 4 nitrogen and oxygen atoms in total. The highest BCUT2D eigenvalue weighted by Crippen LogP contribution is 2.27. The van der Waals surface area contributed by atoms with E-state index in [0.29, 0.717) is 24.1 Å². The van der Waals surface area contributed by atoms with Gasteiger partial charge in [-0.1, -0.05) is 30.3 Å². The summed E-state index contributed by atoms with van der Waals surface area (Å²) < 4.78 is 12.2. The van der Waals surface area contributed by atoms with Gasteiger partial charge in [0.2, 0.25) is 0 Å². The number of aliphatic imine (C=N–C) groups is 1. The standard InChI is InChI=1S/C18H29N3OS2.HI/c1-3-19-18(21-16-9-10-17(13-16)23-2)20-11-12-24(22)14-15-7-5-4-6-8-15;/h4-8,16-17H,3,9-14H2,1-2H3,(H2,19,20,21);1H. The average molecular weight is 495 g/mol. The van der Waals surface area contributed by atoms with Crippen molar-refractivity contribution in [2.24, 2.45) is 4.99 Å². The average Bonchev–Trinajstić information content (AvgIpc) is 3.03. The van der Waals surface area contributed by atoms with E-state index in [9.17, 15) is 4.21 Å². The second-order valence-electron chi connectivity index (χ2n) is 6.05. The van der Waals surface area contributed by atoms with Crippen molar-refractivity contribution >= 4 is 52.5 Å². The van der Waals surface area contributed by atoms with Crippen molar-refractivity contribution < 1.29 is 4.21 Å². The van der Waals surface area contributed by atoms with Gasteiger partial charge in [-0.05, 0) is 38.0 Å². The Bertz CT molecular complexity index is 542. The van der Waals surface area contributed by atoms with Crippen molar-refractivity contribution in [1.82, 2.24) is 10.6 Å². The minimum absolute atomic E-state index is 0. The van der Waals surface area contributed by atoms with E-state index in [0.717, 1.165) is 23.3 Å². The van der Waals surface area contributed by atoms with E-state index in [2.05, 4.69) is 28.8 Å². The molecular formula is C18H30IN3OS2. The Balaban J connectivity index is 0.00000312. The van der Waals surface area contributed by atoms with Crippen LogP contribution >= 0.6 is 35.7 Å². The Hall–Kier alpha value is -0.280. The van der Waals surface area contributed by atoms with Gasteiger partial charge in [0.15, 0.2) is 5.96 Å². The predicted octanol–water partition coefficient (Wildman–Crippen LogP) is 3.39. The highest BCUT2D eigenvalue weighted by Gasteiger charge is 2.24. The lowest BCUT2D eigenvalue weighted by Gasteiger charge is -2.17. The number of hydrogen-bond donors (Lipinski definition) is 2. The summed E-state index contributed by atoms with van der Waals surface area (Å²) in [5.41, 5.74) is 1.12. The summed E-state index contributed by atoms with van der Waals surface area (Å²) in [7, 11) is -0.868. The monoisotopic (exact) mass is 495 g/mol. The van der Waals surface area contributed by atoms with Crippen molar-refractivity contribution in [2.75, 3.05) is 25.1 Å². The van der Waals surface area contributed by atoms with Crippen LogP contribution in [0.5, 0.6) is 0 Å². The second kappa shape index (κ2) is 13.0. The molecule has 142 valence electrons. The van der Waals surface area contributed by atoms with Gasteiger partial charge in [0.05, 0.1) is 6.54 Å². The van der Waals surface area contributed by atoms with Gasteiger partial charge in [0.1, 0.15) is 0 Å². The fourth-order valence-corrected chi connectivity index (χ4v) is 4.69. The van der Waals surface area contributed by atoms with Gasteiger partial charge in [-0.3, -0.25) is 9.20 Å². The molecule has 1 aliphatic carbocycles. The van der Waals surface area contributed by atoms with Crippen LogP contribution < -0.4 is 10.6 Å². The Morgan fingerprint density at radius 1 is 1.32 bits per heavy atom. The van der Waals surface area contributed by atoms with Crippen LogP contribution in [0.3, 0.4) is 0 Å². The molecule has 1 fully saturated rings. The molecule has 1 aromatic rings. The van der Waals surface area contributed by atoms with Crippen LogP contribution in [0.2, 0.25) is 0 Å². The SMILES string of the molecule is CCNC(=NCCS(=O)Cc1ccccc1)NC1CCC(SC)C1.I. The van der Waals surface area contributed by atoms with Crippen LogP contribution in [0.25, 0.3) is 0 Å². The molecule has 1 aromatic carbocycles. The first-order chi connectivity index (χ1) is 11.7. The quantitative estimate of drug-likeness (QED) is 0.330. The summed E-state index contributed by atoms with van der Waals surface area (Å²) in [6.45, 7) is 3.51. The summed E-state index contributed by atoms with van der Waals surface area (Å²) in [4.78, 5) is 4.60. The maximum Gasteiger partial charge on any atom is 0.191 e. The van der Waals surface area contributed by atoms with Crippen molar-refractivity contribution in [2.45, 2.75) is 43.2 Å². The Morgan fingerprint density at radius 2 is 2.08 bits per heavy atom. The maximum atomic E-state index is 12.2. The summed E-state index contributed by atoms with van der Waals surface area (Å²) in [6, 6.07) is 10.5. The third-order valence-electron chi connectivity index (χ3n) is 4.16. The van der Waals surface area contributed by atoms with Gasteiger partial charge in [-0.25, -0.2) is 0 Å². The number of halogens is 1. The van der Waals surface area contributed by atoms with E-state index in [-0.39, 0.29) is 24.0 Å². The van der Waals surface area contributed by atoms with E-state index in [1.807, 2.05) is 42.1 Å². The Morgan fingerprint density at radius 3 is 2.72 bits per heavy atom. The maximum absolute atomic E-state index is 12.2. The van der Waals surface area contributed by atoms with Gasteiger partial charge in [-0.15, -0.1) is 24.0 Å². The van der Waals surface area contributed by atoms with Crippen LogP contribution in [-0.4, -0.2) is 46.6 Å². The normalized spacial score (nSPS) is 21.4. The van der Waals surface area contributed by atoms with Crippen LogP contribution in [0, 0.1) is 0 Å². The molecular weight excluding hydrogens is 465 g/mol. The van der Waals surface area contributed by atoms with Gasteiger partial charge < -0.3 is 10.6 Å². The van der Waals surface area contributed by atoms with Gasteiger partial charge in [0, 0.05) is 40.1 Å². The third kappa shape index (κ3) is 8.77. The molecule has 2 N–H and O–H groups in total. The molecule has 1 saturated carbocycles. The third-order valence-corrected chi connectivity index (χ3v) is 6.55. The minimum atomic E-state index is -0.868. The lowest BCUT2D eigenvalue weighted by molar-refractivity contribution is 0.615. The van der Waals surface area contributed by atoms with Crippen molar-refractivity contribution in [3.63, 3.8) is 0 Å². The van der Waals surface area contributed by atoms with Gasteiger partial charge in [-0.2, -0.15) is 11.8 Å². The highest BCUT2D eigenvalue weighted by molar-refractivity contribution is 14.0. The Labute approximate surface area is 175 Å². The molecule has 2 rings (SSSR count). The first-order valence-corrected chi connectivity index (χ1v) is 11.5. The number of nitrogens with one attached hydrogen (secondary N) is 2. The topological polar surface area (TPSA) is 53.5 Å². The zero-order valence-electron chi connectivity index (χ0n) is 15.1. The molecule has 0 aliphatic heterocycles. The van der Waals surface area contributed by atoms with Crippen LogP contribution in [0.1, 0.15) is 31.7 Å². The summed E-state index contributed by atoms with van der Waals surface area (Å²) >= 11 is 1.96. The van der Waals surface area contributed by atoms with E-state index in [4.69, 9.17) is 0 Å². The molecule has 7 heteroatoms.